The summed E-state index contributed by atoms with van der Waals surface area (Å²) in [6.45, 7) is 0. The minimum Gasteiger partial charge on any atom is -0.375 e. The first-order valence-electron chi connectivity index (χ1n) is 8.46. The number of rotatable bonds is 3. The van der Waals surface area contributed by atoms with Crippen molar-refractivity contribution in [1.29, 1.82) is 0 Å². The molecule has 2 N–H and O–H groups in total. The predicted molar refractivity (Wildman–Crippen MR) is 96.0 cm³/mol. The van der Waals surface area contributed by atoms with E-state index in [4.69, 9.17) is 11.6 Å². The van der Waals surface area contributed by atoms with Gasteiger partial charge in [-0.25, -0.2) is 0 Å². The van der Waals surface area contributed by atoms with E-state index in [1.807, 2.05) is 12.1 Å². The second-order valence-corrected chi connectivity index (χ2v) is 7.23. The fourth-order valence-electron chi connectivity index (χ4n) is 3.73. The number of aliphatic hydroxyl groups is 1. The van der Waals surface area contributed by atoms with E-state index < -0.39 is 11.5 Å². The van der Waals surface area contributed by atoms with E-state index in [0.29, 0.717) is 21.8 Å². The molecule has 1 aliphatic carbocycles. The number of nitrogens with one attached hydrogen (secondary N) is 1. The van der Waals surface area contributed by atoms with E-state index in [1.165, 1.54) is 23.6 Å². The van der Waals surface area contributed by atoms with Gasteiger partial charge in [-0.15, -0.1) is 0 Å². The minimum absolute atomic E-state index is 0.251. The van der Waals surface area contributed by atoms with Gasteiger partial charge in [0.25, 0.3) is 5.91 Å². The Labute approximate surface area is 150 Å². The first kappa shape index (κ1) is 16.3. The lowest BCUT2D eigenvalue weighted by atomic mass is 9.85. The van der Waals surface area contributed by atoms with Crippen LogP contribution in [0.2, 0.25) is 5.02 Å². The summed E-state index contributed by atoms with van der Waals surface area (Å²) in [6.07, 6.45) is 4.02. The lowest BCUT2D eigenvalue weighted by Gasteiger charge is -2.21. The number of carbonyl (C=O) groups is 2. The molecule has 0 aromatic heterocycles. The number of hydrogen-bond acceptors (Lipinski definition) is 3. The molecule has 1 heterocycles. The molecule has 128 valence electrons. The number of anilines is 1. The average Bonchev–Trinajstić information content (AvgIpc) is 2.85. The van der Waals surface area contributed by atoms with Crippen LogP contribution < -0.4 is 5.32 Å². The van der Waals surface area contributed by atoms with E-state index in [2.05, 4.69) is 5.32 Å². The molecule has 25 heavy (non-hydrogen) atoms. The Morgan fingerprint density at radius 1 is 1.12 bits per heavy atom. The summed E-state index contributed by atoms with van der Waals surface area (Å²) in [6, 6.07) is 10.5. The number of Topliss-reactive ketones (excluding diaryl/α,β-unsaturated/α-hetero) is 1. The number of fused-ring (bicyclic) bond motifs is 2. The summed E-state index contributed by atoms with van der Waals surface area (Å²) in [5, 5.41) is 13.9. The summed E-state index contributed by atoms with van der Waals surface area (Å²) < 4.78 is 0. The van der Waals surface area contributed by atoms with E-state index in [9.17, 15) is 14.7 Å². The lowest BCUT2D eigenvalue weighted by Crippen LogP contribution is -2.36. The molecular weight excluding hydrogens is 338 g/mol. The van der Waals surface area contributed by atoms with Gasteiger partial charge >= 0.3 is 0 Å². The maximum atomic E-state index is 12.8. The van der Waals surface area contributed by atoms with Crippen molar-refractivity contribution in [3.63, 3.8) is 0 Å². The molecule has 0 fully saturated rings. The zero-order valence-electron chi connectivity index (χ0n) is 13.6. The Kier molecular flexibility index (Phi) is 3.89. The van der Waals surface area contributed by atoms with Crippen molar-refractivity contribution in [3.8, 4) is 0 Å². The molecule has 5 heteroatoms. The minimum atomic E-state index is -1.88. The maximum Gasteiger partial charge on any atom is 0.261 e. The highest BCUT2D eigenvalue weighted by atomic mass is 35.5. The molecule has 1 amide bonds. The van der Waals surface area contributed by atoms with E-state index in [1.54, 1.807) is 18.2 Å². The second kappa shape index (κ2) is 5.97. The van der Waals surface area contributed by atoms with Crippen LogP contribution in [0.1, 0.15) is 46.3 Å². The van der Waals surface area contributed by atoms with Crippen LogP contribution in [0.5, 0.6) is 0 Å². The van der Waals surface area contributed by atoms with Gasteiger partial charge in [0.1, 0.15) is 0 Å². The van der Waals surface area contributed by atoms with Gasteiger partial charge in [-0.05, 0) is 61.1 Å². The SMILES string of the molecule is O=C(CC1(O)C(=O)Nc2ccc(Cl)cc21)c1ccc2c(c1)CCCC2. The van der Waals surface area contributed by atoms with Gasteiger partial charge < -0.3 is 10.4 Å². The molecule has 1 atom stereocenters. The van der Waals surface area contributed by atoms with Crippen molar-refractivity contribution in [2.75, 3.05) is 5.32 Å². The number of amides is 1. The summed E-state index contributed by atoms with van der Waals surface area (Å²) in [7, 11) is 0. The lowest BCUT2D eigenvalue weighted by molar-refractivity contribution is -0.133. The van der Waals surface area contributed by atoms with Gasteiger partial charge in [-0.1, -0.05) is 23.7 Å². The van der Waals surface area contributed by atoms with Gasteiger partial charge in [0, 0.05) is 21.8 Å². The Morgan fingerprint density at radius 2 is 1.88 bits per heavy atom. The Hall–Kier alpha value is -2.17. The fraction of sp³-hybridized carbons (Fsp3) is 0.300. The summed E-state index contributed by atoms with van der Waals surface area (Å²) in [5.41, 5.74) is 2.00. The van der Waals surface area contributed by atoms with Crippen LogP contribution in [0.3, 0.4) is 0 Å². The number of benzene rings is 2. The topological polar surface area (TPSA) is 66.4 Å². The van der Waals surface area contributed by atoms with Crippen LogP contribution in [0.15, 0.2) is 36.4 Å². The van der Waals surface area contributed by atoms with E-state index in [-0.39, 0.29) is 12.2 Å². The van der Waals surface area contributed by atoms with Crippen molar-refractivity contribution in [2.24, 2.45) is 0 Å². The molecule has 2 aliphatic rings. The number of halogens is 1. The zero-order valence-corrected chi connectivity index (χ0v) is 14.4. The average molecular weight is 356 g/mol. The van der Waals surface area contributed by atoms with Crippen molar-refractivity contribution >= 4 is 29.0 Å². The van der Waals surface area contributed by atoms with Gasteiger partial charge in [0.2, 0.25) is 0 Å². The molecule has 0 spiro atoms. The standard InChI is InChI=1S/C20H18ClNO3/c21-15-7-8-17-16(10-15)20(25,19(24)22-17)11-18(23)14-6-5-12-3-1-2-4-13(12)9-14/h5-10,25H,1-4,11H2,(H,22,24). The van der Waals surface area contributed by atoms with Crippen molar-refractivity contribution in [3.05, 3.63) is 63.7 Å². The van der Waals surface area contributed by atoms with Crippen LogP contribution in [0, 0.1) is 0 Å². The third kappa shape index (κ3) is 2.75. The van der Waals surface area contributed by atoms with Crippen LogP contribution in [-0.4, -0.2) is 16.8 Å². The molecule has 0 radical (unpaired) electrons. The van der Waals surface area contributed by atoms with Crippen LogP contribution in [-0.2, 0) is 23.2 Å². The van der Waals surface area contributed by atoms with Gasteiger partial charge in [-0.2, -0.15) is 0 Å². The monoisotopic (exact) mass is 355 g/mol. The number of ketones is 1. The number of hydrogen-bond donors (Lipinski definition) is 2. The zero-order chi connectivity index (χ0) is 17.6. The van der Waals surface area contributed by atoms with Crippen LogP contribution >= 0.6 is 11.6 Å². The van der Waals surface area contributed by atoms with Crippen molar-refractivity contribution < 1.29 is 14.7 Å². The Balaban J connectivity index is 1.65. The highest BCUT2D eigenvalue weighted by Gasteiger charge is 2.46. The number of carbonyl (C=O) groups excluding carboxylic acids is 2. The van der Waals surface area contributed by atoms with Crippen LogP contribution in [0.25, 0.3) is 0 Å². The van der Waals surface area contributed by atoms with E-state index in [0.717, 1.165) is 19.3 Å². The molecule has 2 aromatic rings. The van der Waals surface area contributed by atoms with Crippen molar-refractivity contribution in [2.45, 2.75) is 37.7 Å². The summed E-state index contributed by atoms with van der Waals surface area (Å²) in [4.78, 5) is 25.1. The smallest absolute Gasteiger partial charge is 0.261 e. The Bertz CT molecular complexity index is 893. The van der Waals surface area contributed by atoms with Gasteiger partial charge in [-0.3, -0.25) is 9.59 Å². The first-order valence-corrected chi connectivity index (χ1v) is 8.84. The third-order valence-electron chi connectivity index (χ3n) is 5.14. The highest BCUT2D eigenvalue weighted by Crippen LogP contribution is 2.40. The highest BCUT2D eigenvalue weighted by molar-refractivity contribution is 6.31. The normalized spacial score (nSPS) is 21.4. The Morgan fingerprint density at radius 3 is 2.68 bits per heavy atom. The largest absolute Gasteiger partial charge is 0.375 e. The summed E-state index contributed by atoms with van der Waals surface area (Å²) >= 11 is 6.00. The molecule has 1 unspecified atom stereocenters. The van der Waals surface area contributed by atoms with Crippen molar-refractivity contribution in [1.82, 2.24) is 0 Å². The van der Waals surface area contributed by atoms with Gasteiger partial charge in [0.15, 0.2) is 11.4 Å². The molecule has 4 rings (SSSR count). The quantitative estimate of drug-likeness (QED) is 0.826. The fourth-order valence-corrected chi connectivity index (χ4v) is 3.90. The molecule has 1 aliphatic heterocycles. The maximum absolute atomic E-state index is 12.8. The molecule has 2 aromatic carbocycles. The molecule has 0 saturated heterocycles. The van der Waals surface area contributed by atoms with E-state index >= 15 is 0 Å². The molecule has 0 bridgehead atoms. The molecule has 4 nitrogen and oxygen atoms in total. The number of aryl methyl sites for hydroxylation is 2. The second-order valence-electron chi connectivity index (χ2n) is 6.79. The first-order chi connectivity index (χ1) is 12.0. The van der Waals surface area contributed by atoms with Crippen LogP contribution in [0.4, 0.5) is 5.69 Å². The predicted octanol–water partition coefficient (Wildman–Crippen LogP) is 3.63. The third-order valence-corrected chi connectivity index (χ3v) is 5.37. The van der Waals surface area contributed by atoms with Gasteiger partial charge in [0.05, 0.1) is 6.42 Å². The molecule has 0 saturated carbocycles. The summed E-state index contributed by atoms with van der Waals surface area (Å²) in [5.74, 6) is -0.838. The molecular formula is C20H18ClNO3.